The molecule has 2 aliphatic rings. The van der Waals surface area contributed by atoms with E-state index in [1.165, 1.54) is 23.6 Å². The molecule has 1 saturated carbocycles. The van der Waals surface area contributed by atoms with Gasteiger partial charge in [0.15, 0.2) is 0 Å². The van der Waals surface area contributed by atoms with Gasteiger partial charge in [-0.15, -0.1) is 0 Å². The Labute approximate surface area is 157 Å². The van der Waals surface area contributed by atoms with Crippen molar-refractivity contribution in [2.75, 3.05) is 26.2 Å². The van der Waals surface area contributed by atoms with Crippen LogP contribution in [-0.4, -0.2) is 49.7 Å². The first-order valence-electron chi connectivity index (χ1n) is 9.81. The van der Waals surface area contributed by atoms with Crippen LogP contribution in [0.2, 0.25) is 0 Å². The molecule has 1 aliphatic carbocycles. The molecular weight excluding hydrogens is 348 g/mol. The van der Waals surface area contributed by atoms with Gasteiger partial charge in [0.25, 0.3) is 0 Å². The monoisotopic (exact) mass is 378 g/mol. The number of carbonyl (C=O) groups is 1. The molecule has 6 heteroatoms. The highest BCUT2D eigenvalue weighted by atomic mass is 32.2. The van der Waals surface area contributed by atoms with Crippen molar-refractivity contribution in [3.63, 3.8) is 0 Å². The van der Waals surface area contributed by atoms with E-state index >= 15 is 0 Å². The largest absolute Gasteiger partial charge is 0.341 e. The van der Waals surface area contributed by atoms with Crippen molar-refractivity contribution in [1.29, 1.82) is 0 Å². The van der Waals surface area contributed by atoms with Gasteiger partial charge in [-0.3, -0.25) is 4.79 Å². The van der Waals surface area contributed by atoms with Crippen LogP contribution in [-0.2, 0) is 14.8 Å². The van der Waals surface area contributed by atoms with Gasteiger partial charge in [0.2, 0.25) is 15.9 Å². The van der Waals surface area contributed by atoms with Crippen LogP contribution in [0.3, 0.4) is 0 Å². The normalized spacial score (nSPS) is 20.7. The summed E-state index contributed by atoms with van der Waals surface area (Å²) in [5, 5.41) is 0. The molecule has 0 bridgehead atoms. The van der Waals surface area contributed by atoms with Gasteiger partial charge in [-0.1, -0.05) is 37.0 Å². The molecule has 1 aliphatic heterocycles. The second-order valence-electron chi connectivity index (χ2n) is 7.66. The highest BCUT2D eigenvalue weighted by Crippen LogP contribution is 2.27. The Balaban J connectivity index is 1.60. The number of benzene rings is 1. The predicted molar refractivity (Wildman–Crippen MR) is 102 cm³/mol. The van der Waals surface area contributed by atoms with Gasteiger partial charge >= 0.3 is 0 Å². The van der Waals surface area contributed by atoms with Crippen molar-refractivity contribution in [3.8, 4) is 0 Å². The van der Waals surface area contributed by atoms with E-state index < -0.39 is 10.0 Å². The molecule has 0 radical (unpaired) electrons. The molecule has 0 unspecified atom stereocenters. The van der Waals surface area contributed by atoms with Crippen LogP contribution in [0.4, 0.5) is 0 Å². The van der Waals surface area contributed by atoms with Crippen LogP contribution < -0.4 is 0 Å². The van der Waals surface area contributed by atoms with Crippen molar-refractivity contribution < 1.29 is 13.2 Å². The highest BCUT2D eigenvalue weighted by Gasteiger charge is 2.29. The van der Waals surface area contributed by atoms with Gasteiger partial charge in [-0.25, -0.2) is 8.42 Å². The van der Waals surface area contributed by atoms with E-state index in [0.717, 1.165) is 18.4 Å². The summed E-state index contributed by atoms with van der Waals surface area (Å²) in [7, 11) is -3.48. The zero-order valence-electron chi connectivity index (χ0n) is 15.7. The van der Waals surface area contributed by atoms with Gasteiger partial charge in [0.05, 0.1) is 4.90 Å². The molecular formula is C20H30N2O3S. The van der Waals surface area contributed by atoms with E-state index in [9.17, 15) is 13.2 Å². The van der Waals surface area contributed by atoms with Crippen LogP contribution in [0.1, 0.15) is 50.5 Å². The van der Waals surface area contributed by atoms with Crippen molar-refractivity contribution >= 4 is 15.9 Å². The minimum atomic E-state index is -3.48. The molecule has 0 N–H and O–H groups in total. The van der Waals surface area contributed by atoms with Crippen molar-refractivity contribution in [1.82, 2.24) is 9.21 Å². The first-order chi connectivity index (χ1) is 12.5. The zero-order valence-corrected chi connectivity index (χ0v) is 16.5. The van der Waals surface area contributed by atoms with Crippen molar-refractivity contribution in [3.05, 3.63) is 29.8 Å². The molecule has 2 fully saturated rings. The molecule has 1 saturated heterocycles. The lowest BCUT2D eigenvalue weighted by atomic mass is 9.86. The van der Waals surface area contributed by atoms with Gasteiger partial charge in [0, 0.05) is 32.6 Å². The lowest BCUT2D eigenvalue weighted by Crippen LogP contribution is -2.38. The smallest absolute Gasteiger partial charge is 0.243 e. The number of amides is 1. The molecule has 26 heavy (non-hydrogen) atoms. The Morgan fingerprint density at radius 2 is 1.65 bits per heavy atom. The first kappa shape index (κ1) is 19.4. The molecule has 3 rings (SSSR count). The fourth-order valence-electron chi connectivity index (χ4n) is 4.01. The minimum absolute atomic E-state index is 0.200. The molecule has 5 nitrogen and oxygen atoms in total. The topological polar surface area (TPSA) is 57.7 Å². The van der Waals surface area contributed by atoms with Crippen LogP contribution in [0.15, 0.2) is 29.2 Å². The van der Waals surface area contributed by atoms with Crippen LogP contribution in [0.5, 0.6) is 0 Å². The fraction of sp³-hybridized carbons (Fsp3) is 0.650. The van der Waals surface area contributed by atoms with Crippen LogP contribution >= 0.6 is 0 Å². The number of carbonyl (C=O) groups excluding carboxylic acids is 1. The number of aryl methyl sites for hydroxylation is 1. The maximum atomic E-state index is 12.9. The molecule has 0 spiro atoms. The van der Waals surface area contributed by atoms with Gasteiger partial charge in [0.1, 0.15) is 0 Å². The van der Waals surface area contributed by atoms with Gasteiger partial charge < -0.3 is 4.90 Å². The zero-order chi connectivity index (χ0) is 18.6. The molecule has 0 aromatic heterocycles. The third-order valence-corrected chi connectivity index (χ3v) is 7.57. The molecule has 1 amide bonds. The fourth-order valence-corrected chi connectivity index (χ4v) is 5.48. The highest BCUT2D eigenvalue weighted by molar-refractivity contribution is 7.89. The van der Waals surface area contributed by atoms with E-state index in [4.69, 9.17) is 0 Å². The summed E-state index contributed by atoms with van der Waals surface area (Å²) in [6, 6.07) is 6.98. The van der Waals surface area contributed by atoms with E-state index in [1.54, 1.807) is 12.1 Å². The molecule has 1 heterocycles. The van der Waals surface area contributed by atoms with Crippen LogP contribution in [0.25, 0.3) is 0 Å². The quantitative estimate of drug-likeness (QED) is 0.808. The number of hydrogen-bond donors (Lipinski definition) is 0. The predicted octanol–water partition coefficient (Wildman–Crippen LogP) is 3.19. The maximum Gasteiger partial charge on any atom is 0.243 e. The van der Waals surface area contributed by atoms with E-state index in [2.05, 4.69) is 0 Å². The summed E-state index contributed by atoms with van der Waals surface area (Å²) in [5.41, 5.74) is 1.04. The third kappa shape index (κ3) is 4.65. The van der Waals surface area contributed by atoms with E-state index in [-0.39, 0.29) is 5.91 Å². The van der Waals surface area contributed by atoms with Gasteiger partial charge in [-0.2, -0.15) is 4.31 Å². The number of nitrogens with zero attached hydrogens (tertiary/aromatic N) is 2. The van der Waals surface area contributed by atoms with E-state index in [1.807, 2.05) is 24.0 Å². The summed E-state index contributed by atoms with van der Waals surface area (Å²) < 4.78 is 27.3. The second-order valence-corrected chi connectivity index (χ2v) is 9.60. The molecule has 0 atom stereocenters. The Bertz CT molecular complexity index is 709. The van der Waals surface area contributed by atoms with Crippen molar-refractivity contribution in [2.45, 2.75) is 56.8 Å². The lowest BCUT2D eigenvalue weighted by Gasteiger charge is -2.26. The maximum absolute atomic E-state index is 12.9. The Morgan fingerprint density at radius 3 is 2.35 bits per heavy atom. The Morgan fingerprint density at radius 1 is 0.962 bits per heavy atom. The molecule has 1 aromatic rings. The second kappa shape index (κ2) is 8.53. The number of sulfonamides is 1. The number of hydrogen-bond acceptors (Lipinski definition) is 3. The molecule has 1 aromatic carbocycles. The first-order valence-corrected chi connectivity index (χ1v) is 11.3. The summed E-state index contributed by atoms with van der Waals surface area (Å²) in [4.78, 5) is 14.9. The average molecular weight is 379 g/mol. The average Bonchev–Trinajstić information content (AvgIpc) is 2.90. The standard InChI is InChI=1S/C20H30N2O3S/c1-17-8-10-19(11-9-17)26(24,25)22-13-5-12-21(14-15-22)20(23)16-18-6-3-2-4-7-18/h8-11,18H,2-7,12-16H2,1H3. The van der Waals surface area contributed by atoms with Gasteiger partial charge in [-0.05, 0) is 44.2 Å². The summed E-state index contributed by atoms with van der Waals surface area (Å²) >= 11 is 0. The van der Waals surface area contributed by atoms with Crippen molar-refractivity contribution in [2.24, 2.45) is 5.92 Å². The minimum Gasteiger partial charge on any atom is -0.341 e. The van der Waals surface area contributed by atoms with Crippen LogP contribution in [0, 0.1) is 12.8 Å². The van der Waals surface area contributed by atoms with E-state index in [0.29, 0.717) is 49.8 Å². The summed E-state index contributed by atoms with van der Waals surface area (Å²) in [6.45, 7) is 3.95. The summed E-state index contributed by atoms with van der Waals surface area (Å²) in [6.07, 6.45) is 7.41. The molecule has 144 valence electrons. The Hall–Kier alpha value is -1.40. The SMILES string of the molecule is Cc1ccc(S(=O)(=O)N2CCCN(C(=O)CC3CCCCC3)CC2)cc1. The third-order valence-electron chi connectivity index (χ3n) is 5.65. The Kier molecular flexibility index (Phi) is 6.35. The number of rotatable bonds is 4. The lowest BCUT2D eigenvalue weighted by molar-refractivity contribution is -0.132. The summed E-state index contributed by atoms with van der Waals surface area (Å²) in [5.74, 6) is 0.721.